The number of rotatable bonds is 3. The Bertz CT molecular complexity index is 1070. The first kappa shape index (κ1) is 14.6. The minimum Gasteiger partial charge on any atom is -0.453 e. The van der Waals surface area contributed by atoms with Crippen LogP contribution in [-0.2, 0) is 0 Å². The summed E-state index contributed by atoms with van der Waals surface area (Å²) in [6.45, 7) is 5.86. The molecule has 0 radical (unpaired) electrons. The highest BCUT2D eigenvalue weighted by molar-refractivity contribution is 6.02. The van der Waals surface area contributed by atoms with Gasteiger partial charge in [-0.15, -0.1) is 0 Å². The monoisotopic (exact) mass is 319 g/mol. The van der Waals surface area contributed by atoms with Crippen molar-refractivity contribution in [1.82, 2.24) is 9.97 Å². The molecule has 4 rings (SSSR count). The maximum absolute atomic E-state index is 12.5. The van der Waals surface area contributed by atoms with E-state index in [1.807, 2.05) is 30.3 Å². The average molecular weight is 319 g/mol. The lowest BCUT2D eigenvalue weighted by molar-refractivity contribution is 0.614. The molecule has 0 bridgehead atoms. The number of hydrogen-bond acceptors (Lipinski definition) is 5. The molecule has 24 heavy (non-hydrogen) atoms. The minimum atomic E-state index is -0.146. The molecule has 2 heterocycles. The third kappa shape index (κ3) is 2.12. The zero-order valence-corrected chi connectivity index (χ0v) is 13.6. The third-order valence-corrected chi connectivity index (χ3v) is 4.32. The summed E-state index contributed by atoms with van der Waals surface area (Å²) in [5.41, 5.74) is 3.36. The second-order valence-corrected chi connectivity index (χ2v) is 5.63. The number of anilines is 1. The molecule has 1 aliphatic heterocycles. The number of para-hydroxylation sites is 2. The molecule has 0 fully saturated rings. The summed E-state index contributed by atoms with van der Waals surface area (Å²) in [5, 5.41) is 0.762. The zero-order chi connectivity index (χ0) is 16.7. The lowest BCUT2D eigenvalue weighted by Crippen LogP contribution is -2.23. The summed E-state index contributed by atoms with van der Waals surface area (Å²) >= 11 is 0. The molecular weight excluding hydrogens is 302 g/mol. The van der Waals surface area contributed by atoms with Gasteiger partial charge in [0, 0.05) is 25.4 Å². The lowest BCUT2D eigenvalue weighted by Gasteiger charge is -2.23. The highest BCUT2D eigenvalue weighted by atomic mass is 16.3. The minimum absolute atomic E-state index is 0.146. The normalized spacial score (nSPS) is 11.4. The van der Waals surface area contributed by atoms with Crippen LogP contribution in [0.15, 0.2) is 51.8 Å². The molecule has 2 aliphatic rings. The summed E-state index contributed by atoms with van der Waals surface area (Å²) in [6, 6.07) is 11.0. The fourth-order valence-electron chi connectivity index (χ4n) is 3.14. The number of pyridine rings is 1. The SMILES string of the molecule is CCN(CC)c1ccnc2c(=O)cc3oc4ccccc4nc-3c12. The Morgan fingerprint density at radius 2 is 1.92 bits per heavy atom. The Balaban J connectivity index is 2.20. The van der Waals surface area contributed by atoms with Crippen LogP contribution in [0.25, 0.3) is 33.5 Å². The largest absolute Gasteiger partial charge is 0.453 e. The van der Waals surface area contributed by atoms with E-state index in [4.69, 9.17) is 9.40 Å². The molecule has 0 saturated heterocycles. The van der Waals surface area contributed by atoms with E-state index in [1.165, 1.54) is 6.07 Å². The van der Waals surface area contributed by atoms with Crippen molar-refractivity contribution >= 4 is 27.7 Å². The van der Waals surface area contributed by atoms with Gasteiger partial charge in [-0.3, -0.25) is 9.78 Å². The van der Waals surface area contributed by atoms with E-state index in [1.54, 1.807) is 6.20 Å². The van der Waals surface area contributed by atoms with Gasteiger partial charge in [0.2, 0.25) is 5.43 Å². The van der Waals surface area contributed by atoms with Crippen molar-refractivity contribution in [3.63, 3.8) is 0 Å². The van der Waals surface area contributed by atoms with Crippen LogP contribution < -0.4 is 10.3 Å². The van der Waals surface area contributed by atoms with Gasteiger partial charge in [-0.25, -0.2) is 4.98 Å². The van der Waals surface area contributed by atoms with Gasteiger partial charge in [-0.1, -0.05) is 12.1 Å². The first-order valence-corrected chi connectivity index (χ1v) is 8.09. The zero-order valence-electron chi connectivity index (χ0n) is 13.6. The molecule has 2 aromatic rings. The fraction of sp³-hybridized carbons (Fsp3) is 0.211. The van der Waals surface area contributed by atoms with E-state index >= 15 is 0 Å². The molecule has 5 nitrogen and oxygen atoms in total. The van der Waals surface area contributed by atoms with E-state index in [9.17, 15) is 4.79 Å². The van der Waals surface area contributed by atoms with E-state index in [2.05, 4.69) is 23.7 Å². The topological polar surface area (TPSA) is 59.2 Å². The molecule has 5 heteroatoms. The predicted octanol–water partition coefficient (Wildman–Crippen LogP) is 3.69. The molecule has 1 aromatic carbocycles. The van der Waals surface area contributed by atoms with Crippen LogP contribution in [0.5, 0.6) is 0 Å². The Kier molecular flexibility index (Phi) is 3.41. The van der Waals surface area contributed by atoms with Gasteiger partial charge in [0.1, 0.15) is 16.7 Å². The highest BCUT2D eigenvalue weighted by Gasteiger charge is 2.20. The predicted molar refractivity (Wildman–Crippen MR) is 95.8 cm³/mol. The van der Waals surface area contributed by atoms with Gasteiger partial charge in [0.15, 0.2) is 11.3 Å². The molecule has 1 aliphatic carbocycles. The maximum Gasteiger partial charge on any atom is 0.208 e. The first-order chi connectivity index (χ1) is 11.7. The lowest BCUT2D eigenvalue weighted by atomic mass is 10.1. The van der Waals surface area contributed by atoms with Gasteiger partial charge < -0.3 is 9.32 Å². The van der Waals surface area contributed by atoms with Crippen molar-refractivity contribution in [1.29, 1.82) is 0 Å². The van der Waals surface area contributed by atoms with E-state index in [0.717, 1.165) is 29.7 Å². The number of benzene rings is 2. The summed E-state index contributed by atoms with van der Waals surface area (Å²) in [6.07, 6.45) is 1.68. The van der Waals surface area contributed by atoms with Crippen LogP contribution in [0.4, 0.5) is 5.69 Å². The highest BCUT2D eigenvalue weighted by Crippen LogP contribution is 2.35. The Morgan fingerprint density at radius 1 is 1.12 bits per heavy atom. The van der Waals surface area contributed by atoms with Gasteiger partial charge in [0.25, 0.3) is 0 Å². The Labute approximate surface area is 138 Å². The number of hydrogen-bond donors (Lipinski definition) is 0. The Hall–Kier alpha value is -2.95. The van der Waals surface area contributed by atoms with Crippen LogP contribution >= 0.6 is 0 Å². The fourth-order valence-corrected chi connectivity index (χ4v) is 3.14. The number of aromatic nitrogens is 2. The van der Waals surface area contributed by atoms with Crippen molar-refractivity contribution in [3.05, 3.63) is 52.8 Å². The number of fused-ring (bicyclic) bond motifs is 4. The molecule has 1 aromatic heterocycles. The van der Waals surface area contributed by atoms with E-state index in [-0.39, 0.29) is 5.43 Å². The van der Waals surface area contributed by atoms with E-state index in [0.29, 0.717) is 22.6 Å². The van der Waals surface area contributed by atoms with Crippen molar-refractivity contribution in [2.24, 2.45) is 0 Å². The molecule has 0 atom stereocenters. The van der Waals surface area contributed by atoms with Crippen LogP contribution in [0.2, 0.25) is 0 Å². The quantitative estimate of drug-likeness (QED) is 0.426. The van der Waals surface area contributed by atoms with Crippen LogP contribution in [0.3, 0.4) is 0 Å². The van der Waals surface area contributed by atoms with Gasteiger partial charge in [0.05, 0.1) is 11.1 Å². The summed E-state index contributed by atoms with van der Waals surface area (Å²) < 4.78 is 5.93. The Morgan fingerprint density at radius 3 is 2.71 bits per heavy atom. The summed E-state index contributed by atoms with van der Waals surface area (Å²) in [4.78, 5) is 23.8. The van der Waals surface area contributed by atoms with Crippen LogP contribution in [-0.4, -0.2) is 23.1 Å². The molecule has 120 valence electrons. The van der Waals surface area contributed by atoms with Gasteiger partial charge >= 0.3 is 0 Å². The first-order valence-electron chi connectivity index (χ1n) is 8.09. The molecule has 0 amide bonds. The van der Waals surface area contributed by atoms with Crippen molar-refractivity contribution in [2.75, 3.05) is 18.0 Å². The number of nitrogens with zero attached hydrogens (tertiary/aromatic N) is 3. The van der Waals surface area contributed by atoms with Crippen LogP contribution in [0.1, 0.15) is 13.8 Å². The molecular formula is C19H17N3O2. The molecule has 0 saturated carbocycles. The third-order valence-electron chi connectivity index (χ3n) is 4.32. The van der Waals surface area contributed by atoms with Crippen LogP contribution in [0, 0.1) is 0 Å². The van der Waals surface area contributed by atoms with Crippen molar-refractivity contribution in [3.8, 4) is 11.5 Å². The van der Waals surface area contributed by atoms with E-state index < -0.39 is 0 Å². The second kappa shape index (κ2) is 5.60. The summed E-state index contributed by atoms with van der Waals surface area (Å²) in [7, 11) is 0. The average Bonchev–Trinajstić information content (AvgIpc) is 2.61. The van der Waals surface area contributed by atoms with Crippen molar-refractivity contribution in [2.45, 2.75) is 13.8 Å². The van der Waals surface area contributed by atoms with Gasteiger partial charge in [-0.2, -0.15) is 0 Å². The van der Waals surface area contributed by atoms with Crippen molar-refractivity contribution < 1.29 is 4.42 Å². The molecule has 0 N–H and O–H groups in total. The standard InChI is InChI=1S/C19H17N3O2/c1-3-22(4-2)13-9-10-20-18-14(23)11-16-19(17(13)18)21-12-7-5-6-8-15(12)24-16/h5-11H,3-4H2,1-2H3. The smallest absolute Gasteiger partial charge is 0.208 e. The van der Waals surface area contributed by atoms with Gasteiger partial charge in [-0.05, 0) is 32.0 Å². The second-order valence-electron chi connectivity index (χ2n) is 5.63. The maximum atomic E-state index is 12.5. The molecule has 0 unspecified atom stereocenters. The molecule has 0 spiro atoms. The summed E-state index contributed by atoms with van der Waals surface area (Å²) in [5.74, 6) is 0.493.